The Morgan fingerprint density at radius 3 is 2.13 bits per heavy atom. The minimum atomic E-state index is 0.557. The molecule has 0 unspecified atom stereocenters. The van der Waals surface area contributed by atoms with Gasteiger partial charge in [-0.1, -0.05) is 57.6 Å². The zero-order valence-electron chi connectivity index (χ0n) is 10.7. The molecule has 0 atom stereocenters. The normalized spacial score (nSPS) is 14.7. The third-order valence-corrected chi connectivity index (χ3v) is 2.53. The van der Waals surface area contributed by atoms with E-state index in [0.717, 1.165) is 0 Å². The van der Waals surface area contributed by atoms with E-state index < -0.39 is 0 Å². The van der Waals surface area contributed by atoms with Gasteiger partial charge in [-0.3, -0.25) is 0 Å². The van der Waals surface area contributed by atoms with E-state index in [1.165, 1.54) is 11.1 Å². The minimum Gasteiger partial charge on any atom is -0.327 e. The molecule has 0 aliphatic carbocycles. The highest BCUT2D eigenvalue weighted by Crippen LogP contribution is 2.17. The summed E-state index contributed by atoms with van der Waals surface area (Å²) in [5, 5.41) is 0. The predicted molar refractivity (Wildman–Crippen MR) is 69.7 cm³/mol. The maximum absolute atomic E-state index is 5.41. The summed E-state index contributed by atoms with van der Waals surface area (Å²) in [6.45, 7) is 11.7. The van der Waals surface area contributed by atoms with Crippen LogP contribution < -0.4 is 5.73 Å². The molecule has 0 aromatic rings. The lowest BCUT2D eigenvalue weighted by atomic mass is 9.96. The summed E-state index contributed by atoms with van der Waals surface area (Å²) >= 11 is 0. The smallest absolute Gasteiger partial charge is 0.0109 e. The van der Waals surface area contributed by atoms with Crippen molar-refractivity contribution in [1.29, 1.82) is 0 Å². The second kappa shape index (κ2) is 7.47. The van der Waals surface area contributed by atoms with E-state index in [1.54, 1.807) is 0 Å². The fraction of sp³-hybridized carbons (Fsp3) is 0.571. The van der Waals surface area contributed by atoms with E-state index in [1.807, 2.05) is 12.2 Å². The first kappa shape index (κ1) is 14.2. The van der Waals surface area contributed by atoms with Crippen LogP contribution in [0.1, 0.15) is 34.6 Å². The molecule has 0 amide bonds. The molecule has 0 saturated heterocycles. The second-order valence-electron chi connectivity index (χ2n) is 4.53. The first-order valence-corrected chi connectivity index (χ1v) is 5.74. The van der Waals surface area contributed by atoms with Gasteiger partial charge in [-0.25, -0.2) is 0 Å². The molecule has 0 heterocycles. The van der Waals surface area contributed by atoms with Crippen LogP contribution in [0.5, 0.6) is 0 Å². The predicted octanol–water partition coefficient (Wildman–Crippen LogP) is 3.69. The summed E-state index contributed by atoms with van der Waals surface area (Å²) in [7, 11) is 0. The molecule has 1 heteroatoms. The van der Waals surface area contributed by atoms with Crippen molar-refractivity contribution < 1.29 is 0 Å². The highest BCUT2D eigenvalue weighted by Gasteiger charge is 2.01. The van der Waals surface area contributed by atoms with Crippen molar-refractivity contribution >= 4 is 0 Å². The number of hydrogen-bond acceptors (Lipinski definition) is 1. The zero-order chi connectivity index (χ0) is 11.8. The zero-order valence-corrected chi connectivity index (χ0v) is 10.7. The summed E-state index contributed by atoms with van der Waals surface area (Å²) in [4.78, 5) is 0. The van der Waals surface area contributed by atoms with Crippen LogP contribution in [0.2, 0.25) is 0 Å². The van der Waals surface area contributed by atoms with Crippen LogP contribution in [0.25, 0.3) is 0 Å². The van der Waals surface area contributed by atoms with E-state index in [0.29, 0.717) is 18.4 Å². The minimum absolute atomic E-state index is 0.557. The Bertz CT molecular complexity index is 255. The summed E-state index contributed by atoms with van der Waals surface area (Å²) in [6, 6.07) is 0. The molecular formula is C14H25N. The SMILES string of the molecule is C\C(=C/C(=C/C=C\CN)C(C)C)C(C)C. The molecule has 1 nitrogen and oxygen atoms in total. The van der Waals surface area contributed by atoms with Crippen LogP contribution in [-0.2, 0) is 0 Å². The Morgan fingerprint density at radius 2 is 1.73 bits per heavy atom. The van der Waals surface area contributed by atoms with E-state index >= 15 is 0 Å². The molecule has 2 N–H and O–H groups in total. The van der Waals surface area contributed by atoms with Crippen molar-refractivity contribution in [3.8, 4) is 0 Å². The van der Waals surface area contributed by atoms with Crippen molar-refractivity contribution in [3.05, 3.63) is 35.5 Å². The van der Waals surface area contributed by atoms with Gasteiger partial charge in [0, 0.05) is 6.54 Å². The molecule has 0 spiro atoms. The number of hydrogen-bond donors (Lipinski definition) is 1. The topological polar surface area (TPSA) is 26.0 Å². The Balaban J connectivity index is 4.76. The summed E-state index contributed by atoms with van der Waals surface area (Å²) in [5.74, 6) is 1.17. The number of nitrogens with two attached hydrogens (primary N) is 1. The van der Waals surface area contributed by atoms with Crippen molar-refractivity contribution in [2.24, 2.45) is 17.6 Å². The van der Waals surface area contributed by atoms with Gasteiger partial charge in [0.1, 0.15) is 0 Å². The van der Waals surface area contributed by atoms with Crippen molar-refractivity contribution in [2.75, 3.05) is 6.54 Å². The first-order chi connectivity index (χ1) is 6.99. The Labute approximate surface area is 94.8 Å². The van der Waals surface area contributed by atoms with E-state index in [-0.39, 0.29) is 0 Å². The van der Waals surface area contributed by atoms with Crippen LogP contribution >= 0.6 is 0 Å². The highest BCUT2D eigenvalue weighted by molar-refractivity contribution is 5.28. The average molecular weight is 207 g/mol. The van der Waals surface area contributed by atoms with Gasteiger partial charge in [0.15, 0.2) is 0 Å². The Morgan fingerprint density at radius 1 is 1.13 bits per heavy atom. The van der Waals surface area contributed by atoms with Crippen molar-refractivity contribution in [2.45, 2.75) is 34.6 Å². The Kier molecular flexibility index (Phi) is 7.06. The van der Waals surface area contributed by atoms with E-state index in [4.69, 9.17) is 5.73 Å². The lowest BCUT2D eigenvalue weighted by Gasteiger charge is -2.10. The molecule has 0 aliphatic heterocycles. The van der Waals surface area contributed by atoms with Crippen LogP contribution in [0.4, 0.5) is 0 Å². The summed E-state index contributed by atoms with van der Waals surface area (Å²) in [5.41, 5.74) is 8.20. The first-order valence-electron chi connectivity index (χ1n) is 5.74. The Hall–Kier alpha value is -0.820. The second-order valence-corrected chi connectivity index (χ2v) is 4.53. The third kappa shape index (κ3) is 6.29. The summed E-state index contributed by atoms with van der Waals surface area (Å²) in [6.07, 6.45) is 8.46. The quantitative estimate of drug-likeness (QED) is 0.684. The molecular weight excluding hydrogens is 182 g/mol. The maximum Gasteiger partial charge on any atom is 0.0109 e. The molecule has 86 valence electrons. The lowest BCUT2D eigenvalue weighted by molar-refractivity contribution is 0.749. The van der Waals surface area contributed by atoms with Gasteiger partial charge in [0.2, 0.25) is 0 Å². The third-order valence-electron chi connectivity index (χ3n) is 2.53. The van der Waals surface area contributed by atoms with Crippen LogP contribution in [0.15, 0.2) is 35.5 Å². The van der Waals surface area contributed by atoms with Crippen LogP contribution in [0.3, 0.4) is 0 Å². The number of rotatable bonds is 5. The summed E-state index contributed by atoms with van der Waals surface area (Å²) < 4.78 is 0. The lowest BCUT2D eigenvalue weighted by Crippen LogP contribution is -1.96. The van der Waals surface area contributed by atoms with Gasteiger partial charge >= 0.3 is 0 Å². The monoisotopic (exact) mass is 207 g/mol. The molecule has 0 aliphatic rings. The molecule has 0 radical (unpaired) electrons. The largest absolute Gasteiger partial charge is 0.327 e. The van der Waals surface area contributed by atoms with Crippen LogP contribution in [0, 0.1) is 11.8 Å². The standard InChI is InChI=1S/C14H25N/c1-11(2)13(5)10-14(12(3)4)8-6-7-9-15/h6-8,10-12H,9,15H2,1-5H3/b7-6-,13-10+,14-8-. The molecule has 15 heavy (non-hydrogen) atoms. The molecule has 0 saturated carbocycles. The van der Waals surface area contributed by atoms with Crippen LogP contribution in [-0.4, -0.2) is 6.54 Å². The van der Waals surface area contributed by atoms with Gasteiger partial charge in [-0.15, -0.1) is 0 Å². The van der Waals surface area contributed by atoms with Gasteiger partial charge in [-0.05, 0) is 24.3 Å². The molecule has 0 fully saturated rings. The van der Waals surface area contributed by atoms with Gasteiger partial charge in [0.25, 0.3) is 0 Å². The van der Waals surface area contributed by atoms with Gasteiger partial charge < -0.3 is 5.73 Å². The van der Waals surface area contributed by atoms with E-state index in [9.17, 15) is 0 Å². The van der Waals surface area contributed by atoms with Gasteiger partial charge in [0.05, 0.1) is 0 Å². The van der Waals surface area contributed by atoms with Crippen molar-refractivity contribution in [3.63, 3.8) is 0 Å². The molecule has 0 bridgehead atoms. The van der Waals surface area contributed by atoms with Crippen molar-refractivity contribution in [1.82, 2.24) is 0 Å². The average Bonchev–Trinajstić information content (AvgIpc) is 2.15. The molecule has 0 aromatic carbocycles. The fourth-order valence-electron chi connectivity index (χ4n) is 1.09. The van der Waals surface area contributed by atoms with E-state index in [2.05, 4.69) is 46.8 Å². The highest BCUT2D eigenvalue weighted by atomic mass is 14.5. The molecule has 0 aromatic heterocycles. The van der Waals surface area contributed by atoms with Gasteiger partial charge in [-0.2, -0.15) is 0 Å². The molecule has 0 rings (SSSR count). The fourth-order valence-corrected chi connectivity index (χ4v) is 1.09. The maximum atomic E-state index is 5.41. The number of allylic oxidation sites excluding steroid dienone is 5.